The van der Waals surface area contributed by atoms with Crippen molar-refractivity contribution in [1.29, 1.82) is 0 Å². The Hall–Kier alpha value is -0.300. The second-order valence-corrected chi connectivity index (χ2v) is 5.25. The van der Waals surface area contributed by atoms with E-state index in [-0.39, 0.29) is 5.60 Å². The van der Waals surface area contributed by atoms with Crippen molar-refractivity contribution in [3.63, 3.8) is 0 Å². The summed E-state index contributed by atoms with van der Waals surface area (Å²) in [7, 11) is 0. The van der Waals surface area contributed by atoms with Crippen LogP contribution in [0.5, 0.6) is 0 Å². The Labute approximate surface area is 89.5 Å². The molecule has 0 saturated carbocycles. The lowest BCUT2D eigenvalue weighted by Gasteiger charge is -2.26. The van der Waals surface area contributed by atoms with Crippen LogP contribution in [0, 0.1) is 5.92 Å². The van der Waals surface area contributed by atoms with Crippen molar-refractivity contribution < 1.29 is 4.74 Å². The molecule has 0 aromatic heterocycles. The number of hydrogen-bond donors (Lipinski definition) is 0. The fourth-order valence-electron chi connectivity index (χ4n) is 1.21. The molecule has 0 radical (unpaired) electrons. The van der Waals surface area contributed by atoms with Gasteiger partial charge in [0.05, 0.1) is 12.2 Å². The Morgan fingerprint density at radius 3 is 2.36 bits per heavy atom. The van der Waals surface area contributed by atoms with Crippen molar-refractivity contribution in [2.24, 2.45) is 5.92 Å². The molecule has 0 amide bonds. The summed E-state index contributed by atoms with van der Waals surface area (Å²) in [4.78, 5) is 0. The molecule has 0 N–H and O–H groups in total. The monoisotopic (exact) mass is 198 g/mol. The highest BCUT2D eigenvalue weighted by molar-refractivity contribution is 4.87. The van der Waals surface area contributed by atoms with Crippen molar-refractivity contribution in [3.05, 3.63) is 12.2 Å². The molecule has 14 heavy (non-hydrogen) atoms. The third-order valence-electron chi connectivity index (χ3n) is 2.35. The van der Waals surface area contributed by atoms with Gasteiger partial charge in [0.2, 0.25) is 0 Å². The standard InChI is InChI=1S/C13H26O/c1-11(2)7-9-13(5,6)14-10-8-12(3)4/h11H,3,7-10H2,1-2,4-6H3. The third-order valence-corrected chi connectivity index (χ3v) is 2.35. The fraction of sp³-hybridized carbons (Fsp3) is 0.846. The van der Waals surface area contributed by atoms with E-state index in [0.717, 1.165) is 25.4 Å². The molecule has 0 atom stereocenters. The summed E-state index contributed by atoms with van der Waals surface area (Å²) in [6.45, 7) is 15.6. The maximum absolute atomic E-state index is 5.83. The summed E-state index contributed by atoms with van der Waals surface area (Å²) in [5.41, 5.74) is 1.23. The molecular formula is C13H26O. The molecule has 0 heterocycles. The minimum atomic E-state index is 0.0275. The maximum atomic E-state index is 5.83. The van der Waals surface area contributed by atoms with Gasteiger partial charge in [-0.2, -0.15) is 0 Å². The highest BCUT2D eigenvalue weighted by atomic mass is 16.5. The van der Waals surface area contributed by atoms with E-state index in [2.05, 4.69) is 34.3 Å². The average Bonchev–Trinajstić information content (AvgIpc) is 2.00. The topological polar surface area (TPSA) is 9.23 Å². The van der Waals surface area contributed by atoms with Crippen molar-refractivity contribution in [2.75, 3.05) is 6.61 Å². The molecule has 0 bridgehead atoms. The Morgan fingerprint density at radius 2 is 1.93 bits per heavy atom. The Balaban J connectivity index is 3.66. The molecule has 0 fully saturated rings. The van der Waals surface area contributed by atoms with Gasteiger partial charge in [0.15, 0.2) is 0 Å². The van der Waals surface area contributed by atoms with Gasteiger partial charge in [0.25, 0.3) is 0 Å². The highest BCUT2D eigenvalue weighted by Crippen LogP contribution is 2.20. The van der Waals surface area contributed by atoms with Gasteiger partial charge >= 0.3 is 0 Å². The lowest BCUT2D eigenvalue weighted by molar-refractivity contribution is -0.0249. The zero-order valence-corrected chi connectivity index (χ0v) is 10.5. The molecule has 0 aliphatic carbocycles. The molecule has 0 aromatic carbocycles. The van der Waals surface area contributed by atoms with Crippen molar-refractivity contribution in [1.82, 2.24) is 0 Å². The van der Waals surface area contributed by atoms with Crippen LogP contribution >= 0.6 is 0 Å². The van der Waals surface area contributed by atoms with Crippen LogP contribution in [0.1, 0.15) is 53.9 Å². The third kappa shape index (κ3) is 8.31. The molecule has 1 heteroatoms. The molecule has 0 aliphatic rings. The quantitative estimate of drug-likeness (QED) is 0.557. The highest BCUT2D eigenvalue weighted by Gasteiger charge is 2.18. The van der Waals surface area contributed by atoms with E-state index in [9.17, 15) is 0 Å². The van der Waals surface area contributed by atoms with E-state index < -0.39 is 0 Å². The molecule has 0 aliphatic heterocycles. The first-order valence-electron chi connectivity index (χ1n) is 5.62. The molecule has 0 spiro atoms. The van der Waals surface area contributed by atoms with Crippen molar-refractivity contribution in [3.8, 4) is 0 Å². The van der Waals surface area contributed by atoms with Gasteiger partial charge in [-0.25, -0.2) is 0 Å². The predicted octanol–water partition coefficient (Wildman–Crippen LogP) is 4.18. The van der Waals surface area contributed by atoms with Crippen LogP contribution in [0.3, 0.4) is 0 Å². The summed E-state index contributed by atoms with van der Waals surface area (Å²) in [6, 6.07) is 0. The van der Waals surface area contributed by atoms with Gasteiger partial charge in [-0.15, -0.1) is 6.58 Å². The van der Waals surface area contributed by atoms with Crippen LogP contribution in [0.2, 0.25) is 0 Å². The van der Waals surface area contributed by atoms with Gasteiger partial charge in [0, 0.05) is 0 Å². The SMILES string of the molecule is C=C(C)CCOC(C)(C)CCC(C)C. The Bertz CT molecular complexity index is 168. The molecule has 0 saturated heterocycles. The summed E-state index contributed by atoms with van der Waals surface area (Å²) in [5, 5.41) is 0. The summed E-state index contributed by atoms with van der Waals surface area (Å²) in [5.74, 6) is 0.763. The molecule has 0 rings (SSSR count). The van der Waals surface area contributed by atoms with Crippen LogP contribution in [-0.4, -0.2) is 12.2 Å². The minimum absolute atomic E-state index is 0.0275. The smallest absolute Gasteiger partial charge is 0.0626 e. The number of ether oxygens (including phenoxy) is 1. The van der Waals surface area contributed by atoms with E-state index >= 15 is 0 Å². The Kier molecular flexibility index (Phi) is 6.10. The van der Waals surface area contributed by atoms with Crippen LogP contribution in [-0.2, 0) is 4.74 Å². The van der Waals surface area contributed by atoms with Gasteiger partial charge in [0.1, 0.15) is 0 Å². The van der Waals surface area contributed by atoms with E-state index in [1.807, 2.05) is 6.92 Å². The minimum Gasteiger partial charge on any atom is -0.375 e. The van der Waals surface area contributed by atoms with Crippen LogP contribution in [0.4, 0.5) is 0 Å². The van der Waals surface area contributed by atoms with Gasteiger partial charge in [-0.1, -0.05) is 19.4 Å². The second kappa shape index (κ2) is 6.23. The average molecular weight is 198 g/mol. The van der Waals surface area contributed by atoms with Gasteiger partial charge in [-0.05, 0) is 46.0 Å². The van der Waals surface area contributed by atoms with Crippen LogP contribution in [0.15, 0.2) is 12.2 Å². The maximum Gasteiger partial charge on any atom is 0.0626 e. The summed E-state index contributed by atoms with van der Waals surface area (Å²) < 4.78 is 5.83. The van der Waals surface area contributed by atoms with Crippen molar-refractivity contribution in [2.45, 2.75) is 59.5 Å². The van der Waals surface area contributed by atoms with Crippen LogP contribution in [0.25, 0.3) is 0 Å². The molecular weight excluding hydrogens is 172 g/mol. The van der Waals surface area contributed by atoms with E-state index in [1.54, 1.807) is 0 Å². The lowest BCUT2D eigenvalue weighted by atomic mass is 9.97. The van der Waals surface area contributed by atoms with E-state index in [1.165, 1.54) is 12.0 Å². The predicted molar refractivity (Wildman–Crippen MR) is 63.5 cm³/mol. The summed E-state index contributed by atoms with van der Waals surface area (Å²) >= 11 is 0. The Morgan fingerprint density at radius 1 is 1.36 bits per heavy atom. The number of hydrogen-bond acceptors (Lipinski definition) is 1. The molecule has 1 nitrogen and oxygen atoms in total. The fourth-order valence-corrected chi connectivity index (χ4v) is 1.21. The normalized spacial score (nSPS) is 12.1. The van der Waals surface area contributed by atoms with Gasteiger partial charge in [-0.3, -0.25) is 0 Å². The van der Waals surface area contributed by atoms with Crippen molar-refractivity contribution >= 4 is 0 Å². The van der Waals surface area contributed by atoms with Gasteiger partial charge < -0.3 is 4.74 Å². The number of rotatable bonds is 7. The molecule has 84 valence electrons. The summed E-state index contributed by atoms with van der Waals surface area (Å²) in [6.07, 6.45) is 3.35. The molecule has 0 aromatic rings. The van der Waals surface area contributed by atoms with E-state index in [0.29, 0.717) is 0 Å². The first kappa shape index (κ1) is 13.7. The van der Waals surface area contributed by atoms with E-state index in [4.69, 9.17) is 4.74 Å². The first-order valence-corrected chi connectivity index (χ1v) is 5.62. The van der Waals surface area contributed by atoms with Crippen LogP contribution < -0.4 is 0 Å². The first-order chi connectivity index (χ1) is 6.33. The zero-order chi connectivity index (χ0) is 11.2. The zero-order valence-electron chi connectivity index (χ0n) is 10.5. The largest absolute Gasteiger partial charge is 0.375 e. The lowest BCUT2D eigenvalue weighted by Crippen LogP contribution is -2.25. The second-order valence-electron chi connectivity index (χ2n) is 5.25. The molecule has 0 unspecified atom stereocenters.